The quantitative estimate of drug-likeness (QED) is 0.225. The summed E-state index contributed by atoms with van der Waals surface area (Å²) in [5, 5.41) is 0. The van der Waals surface area contributed by atoms with Gasteiger partial charge in [-0.15, -0.1) is 0 Å². The summed E-state index contributed by atoms with van der Waals surface area (Å²) in [5.74, 6) is 10.8. The second-order valence-corrected chi connectivity index (χ2v) is 7.73. The fourth-order valence-electron chi connectivity index (χ4n) is 5.12. The van der Waals surface area contributed by atoms with Crippen LogP contribution >= 0.6 is 0 Å². The zero-order valence-electron chi connectivity index (χ0n) is 17.2. The summed E-state index contributed by atoms with van der Waals surface area (Å²) in [5.41, 5.74) is -0.378. The van der Waals surface area contributed by atoms with E-state index in [-0.39, 0.29) is 12.6 Å². The zero-order chi connectivity index (χ0) is 21.8. The van der Waals surface area contributed by atoms with Crippen LogP contribution in [-0.4, -0.2) is 55.7 Å². The number of carbonyl (C=O) groups excluding carboxylic acids is 2. The van der Waals surface area contributed by atoms with Gasteiger partial charge in [0.15, 0.2) is 12.6 Å². The molecule has 0 aromatic carbocycles. The summed E-state index contributed by atoms with van der Waals surface area (Å²) in [7, 11) is 2.93. The van der Waals surface area contributed by atoms with E-state index in [1.165, 1.54) is 26.4 Å². The molecule has 5 aliphatic rings. The SMILES string of the molecule is COCOC(=O)C1=C(OC)[C@@H]2C#C/C=C\C#C[C@@H]3N=C4C=CC(=O)C=C4[C@]24O[C@@]34[C@H]1C. The Bertz CT molecular complexity index is 1180. The first kappa shape index (κ1) is 19.6. The van der Waals surface area contributed by atoms with Crippen LogP contribution in [0.15, 0.2) is 52.3 Å². The monoisotopic (exact) mass is 417 g/mol. The number of allylic oxidation sites excluding steroid dienone is 5. The van der Waals surface area contributed by atoms with Gasteiger partial charge in [-0.3, -0.25) is 9.79 Å². The average molecular weight is 417 g/mol. The highest BCUT2D eigenvalue weighted by Crippen LogP contribution is 2.70. The van der Waals surface area contributed by atoms with Gasteiger partial charge in [-0.1, -0.05) is 30.6 Å². The average Bonchev–Trinajstić information content (AvgIpc) is 3.49. The molecule has 5 rings (SSSR count). The van der Waals surface area contributed by atoms with Gasteiger partial charge in [0.05, 0.1) is 18.4 Å². The van der Waals surface area contributed by atoms with Crippen molar-refractivity contribution in [3.63, 3.8) is 0 Å². The van der Waals surface area contributed by atoms with Crippen LogP contribution in [0.2, 0.25) is 0 Å². The van der Waals surface area contributed by atoms with Crippen molar-refractivity contribution in [3.8, 4) is 23.7 Å². The Balaban J connectivity index is 1.79. The molecule has 0 N–H and O–H groups in total. The van der Waals surface area contributed by atoms with Gasteiger partial charge in [0.2, 0.25) is 0 Å². The molecule has 1 saturated heterocycles. The van der Waals surface area contributed by atoms with Crippen LogP contribution < -0.4 is 0 Å². The van der Waals surface area contributed by atoms with Gasteiger partial charge in [-0.05, 0) is 30.4 Å². The van der Waals surface area contributed by atoms with Crippen molar-refractivity contribution in [1.29, 1.82) is 0 Å². The Kier molecular flexibility index (Phi) is 4.30. The molecule has 0 saturated carbocycles. The van der Waals surface area contributed by atoms with Gasteiger partial charge in [-0.25, -0.2) is 4.79 Å². The van der Waals surface area contributed by atoms with Gasteiger partial charge in [0.25, 0.3) is 0 Å². The van der Waals surface area contributed by atoms with E-state index in [9.17, 15) is 9.59 Å². The number of methoxy groups -OCH3 is 2. The van der Waals surface area contributed by atoms with E-state index in [1.54, 1.807) is 18.2 Å². The zero-order valence-corrected chi connectivity index (χ0v) is 17.2. The second kappa shape index (κ2) is 6.81. The fourth-order valence-corrected chi connectivity index (χ4v) is 5.12. The molecule has 2 heterocycles. The summed E-state index contributed by atoms with van der Waals surface area (Å²) >= 11 is 0. The third-order valence-corrected chi connectivity index (χ3v) is 6.37. The molecule has 0 unspecified atom stereocenters. The molecule has 0 aromatic rings. The minimum Gasteiger partial charge on any atom is -0.499 e. The summed E-state index contributed by atoms with van der Waals surface area (Å²) < 4.78 is 22.5. The minimum absolute atomic E-state index is 0.156. The highest BCUT2D eigenvalue weighted by molar-refractivity contribution is 6.22. The summed E-state index contributed by atoms with van der Waals surface area (Å²) in [6.45, 7) is 1.67. The van der Waals surface area contributed by atoms with Crippen LogP contribution in [0.25, 0.3) is 0 Å². The Morgan fingerprint density at radius 1 is 1.23 bits per heavy atom. The van der Waals surface area contributed by atoms with Gasteiger partial charge < -0.3 is 18.9 Å². The molecule has 4 bridgehead atoms. The van der Waals surface area contributed by atoms with Crippen LogP contribution in [0.5, 0.6) is 0 Å². The molecule has 0 amide bonds. The van der Waals surface area contributed by atoms with Crippen molar-refractivity contribution >= 4 is 17.5 Å². The Morgan fingerprint density at radius 3 is 2.74 bits per heavy atom. The number of rotatable bonds is 4. The van der Waals surface area contributed by atoms with E-state index in [0.717, 1.165) is 0 Å². The van der Waals surface area contributed by atoms with Crippen molar-refractivity contribution in [1.82, 2.24) is 0 Å². The third kappa shape index (κ3) is 2.42. The number of ether oxygens (including phenoxy) is 4. The van der Waals surface area contributed by atoms with E-state index < -0.39 is 35.0 Å². The molecule has 0 aromatic heterocycles. The first-order valence-electron chi connectivity index (χ1n) is 9.85. The lowest BCUT2D eigenvalue weighted by molar-refractivity contribution is -0.150. The molecular formula is C24H19NO6. The highest BCUT2D eigenvalue weighted by atomic mass is 16.7. The van der Waals surface area contributed by atoms with Crippen molar-refractivity contribution in [2.24, 2.45) is 16.8 Å². The lowest BCUT2D eigenvalue weighted by Crippen LogP contribution is -2.55. The Hall–Kier alpha value is -3.39. The molecule has 2 aliphatic heterocycles. The smallest absolute Gasteiger partial charge is 0.339 e. The molecule has 0 spiro atoms. The molecule has 5 atom stereocenters. The van der Waals surface area contributed by atoms with Crippen LogP contribution in [0.1, 0.15) is 6.92 Å². The molecule has 0 radical (unpaired) electrons. The number of carbonyl (C=O) groups is 2. The normalized spacial score (nSPS) is 36.9. The largest absolute Gasteiger partial charge is 0.499 e. The molecule has 31 heavy (non-hydrogen) atoms. The van der Waals surface area contributed by atoms with Gasteiger partial charge in [-0.2, -0.15) is 0 Å². The predicted octanol–water partition coefficient (Wildman–Crippen LogP) is 1.27. The van der Waals surface area contributed by atoms with E-state index in [4.69, 9.17) is 23.9 Å². The molecule has 1 fully saturated rings. The second-order valence-electron chi connectivity index (χ2n) is 7.73. The van der Waals surface area contributed by atoms with E-state index in [0.29, 0.717) is 22.6 Å². The summed E-state index contributed by atoms with van der Waals surface area (Å²) in [4.78, 5) is 30.1. The first-order valence-corrected chi connectivity index (χ1v) is 9.85. The number of aliphatic imine (C=N–C) groups is 1. The maximum absolute atomic E-state index is 13.0. The number of hydrogen-bond donors (Lipinski definition) is 0. The van der Waals surface area contributed by atoms with E-state index >= 15 is 0 Å². The molecule has 7 nitrogen and oxygen atoms in total. The maximum Gasteiger partial charge on any atom is 0.339 e. The molecule has 7 heteroatoms. The van der Waals surface area contributed by atoms with Gasteiger partial charge in [0.1, 0.15) is 28.9 Å². The summed E-state index contributed by atoms with van der Waals surface area (Å²) in [6, 6.07) is -0.566. The van der Waals surface area contributed by atoms with E-state index in [1.807, 2.05) is 6.92 Å². The predicted molar refractivity (Wildman–Crippen MR) is 109 cm³/mol. The fraction of sp³-hybridized carbons (Fsp3) is 0.375. The lowest BCUT2D eigenvalue weighted by atomic mass is 9.59. The number of epoxide rings is 1. The van der Waals surface area contributed by atoms with Crippen LogP contribution in [-0.2, 0) is 28.5 Å². The maximum atomic E-state index is 13.0. The topological polar surface area (TPSA) is 86.7 Å². The van der Waals surface area contributed by atoms with E-state index in [2.05, 4.69) is 23.7 Å². The number of ketones is 1. The molecule has 156 valence electrons. The first-order chi connectivity index (χ1) is 15.0. The van der Waals surface area contributed by atoms with Gasteiger partial charge >= 0.3 is 5.97 Å². The number of fused-ring (bicyclic) bond motifs is 1. The standard InChI is InChI=1S/C24H19NO6/c1-14-20(22(27)30-13-28-2)21(29-3)16-8-6-4-5-7-9-19-23(14)24(16,31-23)17-12-15(26)10-11-18(17)25-19/h4-5,10-12,14,16,19H,13H2,1-3H3/b5-4-/t14-,16-,19-,23-,24+/m0/s1. The van der Waals surface area contributed by atoms with Crippen LogP contribution in [0.4, 0.5) is 0 Å². The van der Waals surface area contributed by atoms with Crippen LogP contribution in [0.3, 0.4) is 0 Å². The molecular weight excluding hydrogens is 398 g/mol. The van der Waals surface area contributed by atoms with Crippen LogP contribution in [0, 0.1) is 35.5 Å². The number of esters is 1. The summed E-state index contributed by atoms with van der Waals surface area (Å²) in [6.07, 6.45) is 7.98. The Morgan fingerprint density at radius 2 is 2.00 bits per heavy atom. The van der Waals surface area contributed by atoms with Crippen molar-refractivity contribution in [2.75, 3.05) is 21.0 Å². The number of hydrogen-bond acceptors (Lipinski definition) is 7. The van der Waals surface area contributed by atoms with Gasteiger partial charge in [0, 0.05) is 18.6 Å². The molecule has 3 aliphatic carbocycles. The highest BCUT2D eigenvalue weighted by Gasteiger charge is 2.85. The lowest BCUT2D eigenvalue weighted by Gasteiger charge is -2.41. The van der Waals surface area contributed by atoms with Crippen molar-refractivity contribution in [3.05, 3.63) is 47.3 Å². The Labute approximate surface area is 179 Å². The van der Waals surface area contributed by atoms with Crippen molar-refractivity contribution < 1.29 is 28.5 Å². The minimum atomic E-state index is -1.00. The third-order valence-electron chi connectivity index (χ3n) is 6.37. The van der Waals surface area contributed by atoms with Crippen molar-refractivity contribution in [2.45, 2.75) is 24.2 Å². The number of nitrogens with zero attached hydrogens (tertiary/aromatic N) is 1.